The first-order valence-corrected chi connectivity index (χ1v) is 9.48. The van der Waals surface area contributed by atoms with E-state index in [-0.39, 0.29) is 18.5 Å². The summed E-state index contributed by atoms with van der Waals surface area (Å²) in [6.07, 6.45) is 0. The van der Waals surface area contributed by atoms with Crippen LogP contribution in [0.5, 0.6) is 0 Å². The van der Waals surface area contributed by atoms with E-state index in [4.69, 9.17) is 4.43 Å². The molecule has 0 heterocycles. The SMILES string of the molecule is CO[SiH2][SiH2]N([SiH3])C(C)C. The van der Waals surface area contributed by atoms with Crippen LogP contribution in [0.1, 0.15) is 13.8 Å². The van der Waals surface area contributed by atoms with Gasteiger partial charge in [0.15, 0.2) is 9.28 Å². The fourth-order valence-electron chi connectivity index (χ4n) is 0.493. The minimum atomic E-state index is -0.0690. The van der Waals surface area contributed by atoms with Gasteiger partial charge in [0.25, 0.3) is 0 Å². The molecule has 0 N–H and O–H groups in total. The third kappa shape index (κ3) is 5.04. The van der Waals surface area contributed by atoms with Crippen LogP contribution in [0.2, 0.25) is 0 Å². The van der Waals surface area contributed by atoms with E-state index in [1.165, 1.54) is 10.4 Å². The van der Waals surface area contributed by atoms with Gasteiger partial charge in [-0.3, -0.25) is 0 Å². The molecule has 0 atom stereocenters. The zero-order chi connectivity index (χ0) is 7.28. The topological polar surface area (TPSA) is 12.5 Å². The van der Waals surface area contributed by atoms with Crippen molar-refractivity contribution in [3.05, 3.63) is 0 Å². The predicted octanol–water partition coefficient (Wildman–Crippen LogP) is -2.29. The summed E-state index contributed by atoms with van der Waals surface area (Å²) >= 11 is 0. The molecule has 0 unspecified atom stereocenters. The monoisotopic (exact) mass is 179 g/mol. The van der Waals surface area contributed by atoms with Gasteiger partial charge in [-0.25, -0.2) is 0 Å². The molecule has 9 heavy (non-hydrogen) atoms. The molecule has 0 aromatic rings. The second kappa shape index (κ2) is 5.36. The van der Waals surface area contributed by atoms with Crippen LogP contribution in [0, 0.1) is 0 Å². The van der Waals surface area contributed by atoms with Crippen LogP contribution in [0.3, 0.4) is 0 Å². The summed E-state index contributed by atoms with van der Waals surface area (Å²) in [6.45, 7) is 4.54. The smallest absolute Gasteiger partial charge is 0.159 e. The van der Waals surface area contributed by atoms with Crippen LogP contribution >= 0.6 is 0 Å². The van der Waals surface area contributed by atoms with Crippen LogP contribution in [0.15, 0.2) is 0 Å². The lowest BCUT2D eigenvalue weighted by Gasteiger charge is -2.19. The van der Waals surface area contributed by atoms with Gasteiger partial charge in [-0.1, -0.05) is 13.8 Å². The highest BCUT2D eigenvalue weighted by atomic mass is 29.2. The number of hydrogen-bond donors (Lipinski definition) is 0. The molecule has 0 aliphatic heterocycles. The molecule has 0 amide bonds. The number of nitrogens with zero attached hydrogens (tertiary/aromatic N) is 1. The van der Waals surface area contributed by atoms with E-state index < -0.39 is 0 Å². The van der Waals surface area contributed by atoms with Crippen molar-refractivity contribution in [1.29, 1.82) is 0 Å². The molecule has 0 aromatic carbocycles. The summed E-state index contributed by atoms with van der Waals surface area (Å²) in [4.78, 5) is 0. The van der Waals surface area contributed by atoms with Gasteiger partial charge in [0, 0.05) is 7.11 Å². The number of hydrogen-bond acceptors (Lipinski definition) is 2. The van der Waals surface area contributed by atoms with Gasteiger partial charge >= 0.3 is 0 Å². The second-order valence-corrected chi connectivity index (χ2v) is 9.98. The Hall–Kier alpha value is 0.571. The number of rotatable bonds is 4. The molecule has 0 rings (SSSR count). The van der Waals surface area contributed by atoms with Crippen molar-refractivity contribution in [2.24, 2.45) is 0 Å². The van der Waals surface area contributed by atoms with Crippen molar-refractivity contribution < 1.29 is 4.43 Å². The molecule has 0 aliphatic rings. The van der Waals surface area contributed by atoms with Crippen LogP contribution in [-0.4, -0.2) is 46.3 Å². The predicted molar refractivity (Wildman–Crippen MR) is 51.0 cm³/mol. The standard InChI is InChI=1S/C4H17NOSi3/c1-4(2)5(7)8-9-6-3/h4H,8-9H2,1-3,7H3. The summed E-state index contributed by atoms with van der Waals surface area (Å²) in [6, 6.07) is 0.783. The highest BCUT2D eigenvalue weighted by Gasteiger charge is 2.01. The third-order valence-electron chi connectivity index (χ3n) is 1.53. The summed E-state index contributed by atoms with van der Waals surface area (Å²) in [5.74, 6) is 0. The van der Waals surface area contributed by atoms with E-state index in [1.54, 1.807) is 0 Å². The maximum absolute atomic E-state index is 5.14. The molecule has 5 heteroatoms. The van der Waals surface area contributed by atoms with Crippen molar-refractivity contribution in [2.75, 3.05) is 7.11 Å². The van der Waals surface area contributed by atoms with E-state index in [1.807, 2.05) is 7.11 Å². The first-order chi connectivity index (χ1) is 4.18. The molecule has 2 nitrogen and oxygen atoms in total. The minimum Gasteiger partial charge on any atom is -0.429 e. The summed E-state index contributed by atoms with van der Waals surface area (Å²) < 4.78 is 7.74. The molecule has 0 saturated heterocycles. The van der Waals surface area contributed by atoms with Gasteiger partial charge in [-0.05, 0) is 6.04 Å². The van der Waals surface area contributed by atoms with Crippen molar-refractivity contribution in [3.8, 4) is 0 Å². The largest absolute Gasteiger partial charge is 0.429 e. The average molecular weight is 179 g/mol. The maximum atomic E-state index is 5.14. The van der Waals surface area contributed by atoms with Crippen molar-refractivity contribution in [1.82, 2.24) is 4.23 Å². The van der Waals surface area contributed by atoms with Crippen molar-refractivity contribution in [2.45, 2.75) is 19.9 Å². The molecule has 0 saturated carbocycles. The van der Waals surface area contributed by atoms with Crippen LogP contribution in [-0.2, 0) is 4.43 Å². The summed E-state index contributed by atoms with van der Waals surface area (Å²) in [7, 11) is 3.11. The normalized spacial score (nSPS) is 14.3. The van der Waals surface area contributed by atoms with Gasteiger partial charge in [0.1, 0.15) is 9.20 Å². The Morgan fingerprint density at radius 3 is 2.44 bits per heavy atom. The lowest BCUT2D eigenvalue weighted by molar-refractivity contribution is 0.450. The quantitative estimate of drug-likeness (QED) is 0.451. The van der Waals surface area contributed by atoms with Gasteiger partial charge in [-0.15, -0.1) is 0 Å². The van der Waals surface area contributed by atoms with E-state index in [0.717, 1.165) is 6.04 Å². The van der Waals surface area contributed by atoms with Gasteiger partial charge in [-0.2, -0.15) is 0 Å². The van der Waals surface area contributed by atoms with Gasteiger partial charge in [0.05, 0.1) is 10.4 Å². The molecule has 0 spiro atoms. The fraction of sp³-hybridized carbons (Fsp3) is 1.00. The highest BCUT2D eigenvalue weighted by Crippen LogP contribution is 1.87. The first kappa shape index (κ1) is 9.57. The Kier molecular flexibility index (Phi) is 5.70. The molecule has 0 bridgehead atoms. The molecular weight excluding hydrogens is 162 g/mol. The molecule has 0 aromatic heterocycles. The van der Waals surface area contributed by atoms with Gasteiger partial charge in [0.2, 0.25) is 0 Å². The van der Waals surface area contributed by atoms with Crippen LogP contribution in [0.4, 0.5) is 0 Å². The summed E-state index contributed by atoms with van der Waals surface area (Å²) in [5.41, 5.74) is 0. The zero-order valence-corrected chi connectivity index (χ0v) is 11.7. The Morgan fingerprint density at radius 1 is 1.56 bits per heavy atom. The van der Waals surface area contributed by atoms with E-state index >= 15 is 0 Å². The fourth-order valence-corrected chi connectivity index (χ4v) is 6.08. The summed E-state index contributed by atoms with van der Waals surface area (Å²) in [5, 5.41) is 0. The maximum Gasteiger partial charge on any atom is 0.159 e. The lowest BCUT2D eigenvalue weighted by Crippen LogP contribution is -2.35. The molecule has 0 radical (unpaired) electrons. The van der Waals surface area contributed by atoms with Crippen molar-refractivity contribution in [3.63, 3.8) is 0 Å². The average Bonchev–Trinajstić information content (AvgIpc) is 1.82. The lowest BCUT2D eigenvalue weighted by atomic mass is 10.4. The molecule has 0 fully saturated rings. The van der Waals surface area contributed by atoms with Crippen LogP contribution < -0.4 is 0 Å². The van der Waals surface area contributed by atoms with Gasteiger partial charge < -0.3 is 8.66 Å². The Morgan fingerprint density at radius 2 is 2.11 bits per heavy atom. The Balaban J connectivity index is 3.16. The molecular formula is C4H17NOSi3. The molecule has 0 aliphatic carbocycles. The van der Waals surface area contributed by atoms with Crippen LogP contribution in [0.25, 0.3) is 0 Å². The van der Waals surface area contributed by atoms with E-state index in [2.05, 4.69) is 18.1 Å². The minimum absolute atomic E-state index is 0.0690. The first-order valence-electron chi connectivity index (χ1n) is 3.37. The zero-order valence-electron chi connectivity index (χ0n) is 6.85. The third-order valence-corrected chi connectivity index (χ3v) is 12.5. The van der Waals surface area contributed by atoms with Crippen molar-refractivity contribution >= 4 is 28.9 Å². The van der Waals surface area contributed by atoms with E-state index in [9.17, 15) is 0 Å². The Bertz CT molecular complexity index is 70.8. The molecule has 56 valence electrons. The second-order valence-electron chi connectivity index (χ2n) is 2.57. The Labute approximate surface area is 65.1 Å². The highest BCUT2D eigenvalue weighted by molar-refractivity contribution is 6.97. The van der Waals surface area contributed by atoms with E-state index in [0.29, 0.717) is 0 Å².